The normalized spacial score (nSPS) is 10.6. The smallest absolute Gasteiger partial charge is 0.203 e. The molecule has 112 valence electrons. The van der Waals surface area contributed by atoms with Crippen molar-refractivity contribution in [1.29, 1.82) is 0 Å². The van der Waals surface area contributed by atoms with E-state index < -0.39 is 29.0 Å². The standard InChI is InChI=1S/C14H9ClF4O2/c1-20-11-3-2-8(15)4-7(11)6-21-14-12(18)9(16)5-10(17)13(14)19/h2-5H,6H2,1H3. The zero-order valence-corrected chi connectivity index (χ0v) is 11.5. The van der Waals surface area contributed by atoms with E-state index in [2.05, 4.69) is 0 Å². The molecule has 2 aromatic carbocycles. The Hall–Kier alpha value is -1.95. The Labute approximate surface area is 122 Å². The van der Waals surface area contributed by atoms with E-state index in [4.69, 9.17) is 21.1 Å². The van der Waals surface area contributed by atoms with Gasteiger partial charge in [0.15, 0.2) is 17.4 Å². The Morgan fingerprint density at radius 3 is 2.19 bits per heavy atom. The lowest BCUT2D eigenvalue weighted by molar-refractivity contribution is 0.256. The third-order valence-electron chi connectivity index (χ3n) is 2.69. The Bertz CT molecular complexity index is 650. The van der Waals surface area contributed by atoms with E-state index in [0.717, 1.165) is 0 Å². The van der Waals surface area contributed by atoms with Gasteiger partial charge in [-0.15, -0.1) is 0 Å². The van der Waals surface area contributed by atoms with Crippen LogP contribution in [0.25, 0.3) is 0 Å². The van der Waals surface area contributed by atoms with Gasteiger partial charge >= 0.3 is 0 Å². The largest absolute Gasteiger partial charge is 0.496 e. The van der Waals surface area contributed by atoms with Crippen molar-refractivity contribution in [2.24, 2.45) is 0 Å². The Balaban J connectivity index is 2.31. The quantitative estimate of drug-likeness (QED) is 0.610. The van der Waals surface area contributed by atoms with Gasteiger partial charge in [-0.25, -0.2) is 8.78 Å². The maximum atomic E-state index is 13.4. The number of benzene rings is 2. The molecular formula is C14H9ClF4O2. The van der Waals surface area contributed by atoms with E-state index in [1.165, 1.54) is 19.2 Å². The molecule has 0 atom stereocenters. The van der Waals surface area contributed by atoms with Crippen molar-refractivity contribution >= 4 is 11.6 Å². The first-order valence-electron chi connectivity index (χ1n) is 5.72. The average Bonchev–Trinajstić information content (AvgIpc) is 2.45. The summed E-state index contributed by atoms with van der Waals surface area (Å²) in [7, 11) is 1.38. The van der Waals surface area contributed by atoms with Gasteiger partial charge in [-0.05, 0) is 18.2 Å². The molecule has 0 aliphatic carbocycles. The van der Waals surface area contributed by atoms with Gasteiger partial charge in [0.2, 0.25) is 11.6 Å². The number of methoxy groups -OCH3 is 1. The summed E-state index contributed by atoms with van der Waals surface area (Å²) in [6.07, 6.45) is 0. The molecule has 0 radical (unpaired) electrons. The van der Waals surface area contributed by atoms with Crippen LogP contribution < -0.4 is 9.47 Å². The van der Waals surface area contributed by atoms with Crippen LogP contribution in [0.2, 0.25) is 5.02 Å². The molecule has 2 nitrogen and oxygen atoms in total. The maximum absolute atomic E-state index is 13.4. The summed E-state index contributed by atoms with van der Waals surface area (Å²) in [6.45, 7) is -0.375. The molecule has 0 fully saturated rings. The fourth-order valence-corrected chi connectivity index (χ4v) is 1.88. The molecule has 0 saturated carbocycles. The summed E-state index contributed by atoms with van der Waals surface area (Å²) < 4.78 is 62.8. The third kappa shape index (κ3) is 3.21. The van der Waals surface area contributed by atoms with Gasteiger partial charge in [0.25, 0.3) is 0 Å². The van der Waals surface area contributed by atoms with Crippen LogP contribution in [0.3, 0.4) is 0 Å². The van der Waals surface area contributed by atoms with Crippen LogP contribution in [0.1, 0.15) is 5.56 Å². The van der Waals surface area contributed by atoms with Gasteiger partial charge in [-0.3, -0.25) is 0 Å². The first-order valence-corrected chi connectivity index (χ1v) is 6.10. The van der Waals surface area contributed by atoms with E-state index in [1.54, 1.807) is 6.07 Å². The first-order chi connectivity index (χ1) is 9.93. The summed E-state index contributed by atoms with van der Waals surface area (Å²) in [4.78, 5) is 0. The van der Waals surface area contributed by atoms with E-state index in [1.807, 2.05) is 0 Å². The van der Waals surface area contributed by atoms with Gasteiger partial charge in [0.05, 0.1) is 7.11 Å². The molecule has 0 aliphatic heterocycles. The van der Waals surface area contributed by atoms with Gasteiger partial charge in [0, 0.05) is 16.7 Å². The molecule has 0 spiro atoms. The zero-order chi connectivity index (χ0) is 15.6. The Morgan fingerprint density at radius 1 is 1.00 bits per heavy atom. The van der Waals surface area contributed by atoms with Crippen LogP contribution >= 0.6 is 11.6 Å². The minimum atomic E-state index is -1.60. The van der Waals surface area contributed by atoms with Crippen molar-refractivity contribution in [2.75, 3.05) is 7.11 Å². The summed E-state index contributed by atoms with van der Waals surface area (Å²) in [5, 5.41) is 0.348. The number of ether oxygens (including phenoxy) is 2. The molecule has 2 aromatic rings. The van der Waals surface area contributed by atoms with Crippen molar-refractivity contribution in [3.63, 3.8) is 0 Å². The lowest BCUT2D eigenvalue weighted by atomic mass is 10.2. The number of hydrogen-bond donors (Lipinski definition) is 0. The van der Waals surface area contributed by atoms with Crippen LogP contribution in [-0.2, 0) is 6.61 Å². The second-order valence-corrected chi connectivity index (χ2v) is 4.48. The highest BCUT2D eigenvalue weighted by molar-refractivity contribution is 6.30. The minimum Gasteiger partial charge on any atom is -0.496 e. The van der Waals surface area contributed by atoms with E-state index in [9.17, 15) is 17.6 Å². The highest BCUT2D eigenvalue weighted by Gasteiger charge is 2.21. The molecular weight excluding hydrogens is 312 g/mol. The van der Waals surface area contributed by atoms with E-state index in [-0.39, 0.29) is 12.7 Å². The predicted molar refractivity (Wildman–Crippen MR) is 68.6 cm³/mol. The lowest BCUT2D eigenvalue weighted by Crippen LogP contribution is -2.05. The lowest BCUT2D eigenvalue weighted by Gasteiger charge is -2.12. The number of halogens is 5. The minimum absolute atomic E-state index is 0.109. The fourth-order valence-electron chi connectivity index (χ4n) is 1.69. The molecule has 2 rings (SSSR count). The molecule has 0 amide bonds. The van der Waals surface area contributed by atoms with Crippen LogP contribution in [-0.4, -0.2) is 7.11 Å². The summed E-state index contributed by atoms with van der Waals surface area (Å²) >= 11 is 5.79. The maximum Gasteiger partial charge on any atom is 0.203 e. The molecule has 21 heavy (non-hydrogen) atoms. The van der Waals surface area contributed by atoms with Crippen molar-refractivity contribution < 1.29 is 27.0 Å². The molecule has 0 aliphatic rings. The van der Waals surface area contributed by atoms with Gasteiger partial charge < -0.3 is 9.47 Å². The average molecular weight is 321 g/mol. The van der Waals surface area contributed by atoms with Gasteiger partial charge in [-0.2, -0.15) is 8.78 Å². The Kier molecular flexibility index (Phi) is 4.57. The predicted octanol–water partition coefficient (Wildman–Crippen LogP) is 4.48. The zero-order valence-electron chi connectivity index (χ0n) is 10.7. The highest BCUT2D eigenvalue weighted by atomic mass is 35.5. The van der Waals surface area contributed by atoms with Gasteiger partial charge in [0.1, 0.15) is 12.4 Å². The summed E-state index contributed by atoms with van der Waals surface area (Å²) in [6, 6.07) is 4.64. The molecule has 0 aromatic heterocycles. The topological polar surface area (TPSA) is 18.5 Å². The van der Waals surface area contributed by atoms with Crippen molar-refractivity contribution in [3.8, 4) is 11.5 Å². The van der Waals surface area contributed by atoms with Crippen LogP contribution in [0, 0.1) is 23.3 Å². The van der Waals surface area contributed by atoms with Crippen LogP contribution in [0.15, 0.2) is 24.3 Å². The third-order valence-corrected chi connectivity index (χ3v) is 2.92. The van der Waals surface area contributed by atoms with Crippen LogP contribution in [0.5, 0.6) is 11.5 Å². The van der Waals surface area contributed by atoms with E-state index >= 15 is 0 Å². The van der Waals surface area contributed by atoms with Gasteiger partial charge in [-0.1, -0.05) is 11.6 Å². The molecule has 0 bridgehead atoms. The van der Waals surface area contributed by atoms with Crippen molar-refractivity contribution in [3.05, 3.63) is 58.1 Å². The summed E-state index contributed by atoms with van der Waals surface area (Å²) in [5.41, 5.74) is 0.369. The first kappa shape index (κ1) is 15.4. The fraction of sp³-hybridized carbons (Fsp3) is 0.143. The molecule has 0 heterocycles. The number of rotatable bonds is 4. The van der Waals surface area contributed by atoms with Crippen molar-refractivity contribution in [2.45, 2.75) is 6.61 Å². The van der Waals surface area contributed by atoms with Crippen molar-refractivity contribution in [1.82, 2.24) is 0 Å². The second-order valence-electron chi connectivity index (χ2n) is 4.04. The van der Waals surface area contributed by atoms with E-state index in [0.29, 0.717) is 16.3 Å². The number of hydrogen-bond acceptors (Lipinski definition) is 2. The monoisotopic (exact) mass is 320 g/mol. The molecule has 0 unspecified atom stereocenters. The molecule has 0 N–H and O–H groups in total. The van der Waals surface area contributed by atoms with Crippen LogP contribution in [0.4, 0.5) is 17.6 Å². The SMILES string of the molecule is COc1ccc(Cl)cc1COc1c(F)c(F)cc(F)c1F. The molecule has 0 saturated heterocycles. The summed E-state index contributed by atoms with van der Waals surface area (Å²) in [5.74, 6) is -7.06. The second kappa shape index (κ2) is 6.22. The molecule has 7 heteroatoms. The highest BCUT2D eigenvalue weighted by Crippen LogP contribution is 2.29. The Morgan fingerprint density at radius 2 is 1.62 bits per heavy atom.